The maximum Gasteiger partial charge on any atom is 0.246 e. The lowest BCUT2D eigenvalue weighted by Gasteiger charge is -2.54. The third kappa shape index (κ3) is 10.6. The fraction of sp³-hybridized carbons (Fsp3) is 0.387. The van der Waals surface area contributed by atoms with Gasteiger partial charge in [-0.2, -0.15) is 28.8 Å². The van der Waals surface area contributed by atoms with E-state index in [9.17, 15) is 27.6 Å². The predicted octanol–water partition coefficient (Wildman–Crippen LogP) is 10.1. The lowest BCUT2D eigenvalue weighted by atomic mass is 9.71. The molecule has 2 fully saturated rings. The topological polar surface area (TPSA) is 253 Å². The number of hydrogen-bond donors (Lipinski definition) is 3. The maximum absolute atomic E-state index is 13.8. The van der Waals surface area contributed by atoms with Crippen LogP contribution < -0.4 is 45.3 Å². The molecule has 1 unspecified atom stereocenters. The number of anilines is 12. The van der Waals surface area contributed by atoms with Gasteiger partial charge in [0.25, 0.3) is 0 Å². The molecule has 9 aromatic rings. The molecule has 0 saturated heterocycles. The number of likely N-dealkylation sites (N-methyl/N-ethyl adjacent to an activating group) is 3. The van der Waals surface area contributed by atoms with E-state index < -0.39 is 23.4 Å². The Hall–Kier alpha value is -9.73. The fourth-order valence-corrected chi connectivity index (χ4v) is 13.3. The van der Waals surface area contributed by atoms with Crippen LogP contribution in [0.25, 0.3) is 27.6 Å². The molecule has 6 aliphatic rings. The van der Waals surface area contributed by atoms with Gasteiger partial charge in [0.2, 0.25) is 35.6 Å². The van der Waals surface area contributed by atoms with Crippen LogP contribution in [-0.4, -0.2) is 146 Å². The summed E-state index contributed by atoms with van der Waals surface area (Å²) < 4.78 is 51.4. The number of amides is 3. The first-order chi connectivity index (χ1) is 43.1. The SMILES string of the molecule is CCC1(N2CC(=O)N(C)c3cnc(Nc4cc5cccnc5cc4C)nc32)C=C(F)C1.CCC1(N2CC(=O)N(C)c3cnc(Nc4cc5nsnc5cc4C)nc32)CC(F)C1.Cc1cc2ncnn2cc1Nc1ncc2c(n1)N(C1(C)CC(F)C1)CC(=O)N2C. The summed E-state index contributed by atoms with van der Waals surface area (Å²) in [6.07, 6.45) is 13.3. The Balaban J connectivity index is 0.000000124. The van der Waals surface area contributed by atoms with Crippen molar-refractivity contribution in [2.75, 3.05) is 86.1 Å². The van der Waals surface area contributed by atoms with E-state index in [4.69, 9.17) is 15.0 Å². The summed E-state index contributed by atoms with van der Waals surface area (Å²) in [7, 11) is 5.14. The summed E-state index contributed by atoms with van der Waals surface area (Å²) in [5.74, 6) is 2.87. The Labute approximate surface area is 520 Å². The Morgan fingerprint density at radius 2 is 1.11 bits per heavy atom. The molecule has 0 radical (unpaired) electrons. The van der Waals surface area contributed by atoms with Crippen molar-refractivity contribution in [3.05, 3.63) is 108 Å². The number of aromatic nitrogens is 12. The molecule has 3 aliphatic carbocycles. The molecule has 3 amide bonds. The summed E-state index contributed by atoms with van der Waals surface area (Å²) in [5, 5.41) is 15.0. The zero-order chi connectivity index (χ0) is 63.1. The van der Waals surface area contributed by atoms with E-state index in [1.165, 1.54) is 18.1 Å². The van der Waals surface area contributed by atoms with Gasteiger partial charge in [-0.3, -0.25) is 19.4 Å². The molecule has 0 bridgehead atoms. The van der Waals surface area contributed by atoms with Crippen molar-refractivity contribution >= 4 is 126 Å². The molecular formula is C62H66F3N21O3S. The van der Waals surface area contributed by atoms with Crippen LogP contribution in [0.4, 0.5) is 82.6 Å². The van der Waals surface area contributed by atoms with Gasteiger partial charge in [0, 0.05) is 87.3 Å². The highest BCUT2D eigenvalue weighted by atomic mass is 32.1. The van der Waals surface area contributed by atoms with Gasteiger partial charge in [-0.05, 0) is 99.7 Å². The number of carbonyl (C=O) groups is 3. The number of carbonyl (C=O) groups excluding carboxylic acids is 3. The van der Waals surface area contributed by atoms with E-state index in [1.807, 2.05) is 105 Å². The molecule has 24 nitrogen and oxygen atoms in total. The Bertz CT molecular complexity index is 4380. The molecule has 3 N–H and O–H groups in total. The molecule has 28 heteroatoms. The normalized spacial score (nSPS) is 22.5. The molecule has 3 aliphatic heterocycles. The Kier molecular flexibility index (Phi) is 14.9. The standard InChI is InChI=1S/C23H23FN6O.C20H22FN7OS.C19H21FN8O/c1-4-23(10-16(24)11-23)30-13-20(31)29(3)19-12-26-22(28-21(19)30)27-17-9-15-6-5-7-25-18(15)8-14(17)2;1-4-20(7-12(21)8-20)28-10-17(29)27(3)16-9-22-19(24-18(16)28)23-13-6-15-14(5-11(13)2)25-30-26-15;1-11-4-15-22-10-23-28(15)8-13(11)24-18-21-7-14-17(25-18)27(9-16(29)26(14)3)19(2)5-12(20)6-19/h5-10,12H,4,11,13H2,1-3H3,(H,26,27,28);5-6,9,12H,4,7-8,10H2,1-3H3,(H,22,23,24);4,7-8,10,12H,5-6,9H2,1-3H3,(H,21,24,25). The van der Waals surface area contributed by atoms with Gasteiger partial charge in [0.1, 0.15) is 52.6 Å². The van der Waals surface area contributed by atoms with Gasteiger partial charge < -0.3 is 45.3 Å². The average molecular weight is 1240 g/mol. The van der Waals surface area contributed by atoms with Crippen LogP contribution in [0.15, 0.2) is 91.7 Å². The van der Waals surface area contributed by atoms with E-state index in [0.29, 0.717) is 84.5 Å². The monoisotopic (exact) mass is 1240 g/mol. The molecule has 10 heterocycles. The van der Waals surface area contributed by atoms with E-state index >= 15 is 0 Å². The fourth-order valence-electron chi connectivity index (χ4n) is 12.8. The highest BCUT2D eigenvalue weighted by Gasteiger charge is 2.52. The minimum atomic E-state index is -0.838. The number of nitrogens with zero attached hydrogens (tertiary/aromatic N) is 18. The van der Waals surface area contributed by atoms with Crippen LogP contribution >= 0.6 is 11.7 Å². The highest BCUT2D eigenvalue weighted by Crippen LogP contribution is 2.50. The van der Waals surface area contributed by atoms with Crippen molar-refractivity contribution in [1.82, 2.24) is 58.2 Å². The summed E-state index contributed by atoms with van der Waals surface area (Å²) in [4.78, 5) is 84.2. The predicted molar refractivity (Wildman–Crippen MR) is 341 cm³/mol. The molecule has 0 spiro atoms. The molecular weight excluding hydrogens is 1180 g/mol. The number of benzene rings is 2. The molecule has 464 valence electrons. The average Bonchev–Trinajstić information content (AvgIpc) is 0.910. The van der Waals surface area contributed by atoms with Gasteiger partial charge in [-0.25, -0.2) is 37.6 Å². The summed E-state index contributed by atoms with van der Waals surface area (Å²) in [6.45, 7) is 12.5. The number of halogens is 3. The largest absolute Gasteiger partial charge is 0.340 e. The van der Waals surface area contributed by atoms with Crippen molar-refractivity contribution in [3.63, 3.8) is 0 Å². The van der Waals surface area contributed by atoms with E-state index in [0.717, 1.165) is 67.8 Å². The van der Waals surface area contributed by atoms with Gasteiger partial charge in [-0.1, -0.05) is 19.9 Å². The first-order valence-electron chi connectivity index (χ1n) is 29.7. The van der Waals surface area contributed by atoms with Crippen LogP contribution in [0.1, 0.15) is 82.4 Å². The van der Waals surface area contributed by atoms with Crippen molar-refractivity contribution in [1.29, 1.82) is 0 Å². The third-order valence-electron chi connectivity index (χ3n) is 18.5. The van der Waals surface area contributed by atoms with Gasteiger partial charge in [0.15, 0.2) is 23.1 Å². The summed E-state index contributed by atoms with van der Waals surface area (Å²) >= 11 is 1.18. The van der Waals surface area contributed by atoms with E-state index in [-0.39, 0.29) is 55.1 Å². The van der Waals surface area contributed by atoms with Crippen molar-refractivity contribution in [3.8, 4) is 0 Å². The second kappa shape index (κ2) is 22.7. The lowest BCUT2D eigenvalue weighted by Crippen LogP contribution is -2.62. The zero-order valence-corrected chi connectivity index (χ0v) is 51.9. The molecule has 2 aromatic carbocycles. The number of alkyl halides is 2. The number of pyridine rings is 2. The van der Waals surface area contributed by atoms with Crippen molar-refractivity contribution in [2.24, 2.45) is 0 Å². The van der Waals surface area contributed by atoms with Crippen molar-refractivity contribution in [2.45, 2.75) is 115 Å². The lowest BCUT2D eigenvalue weighted by molar-refractivity contribution is -0.118. The molecule has 7 aromatic heterocycles. The van der Waals surface area contributed by atoms with Crippen LogP contribution in [0, 0.1) is 20.8 Å². The van der Waals surface area contributed by atoms with Crippen LogP contribution in [0.5, 0.6) is 0 Å². The van der Waals surface area contributed by atoms with E-state index in [1.54, 1.807) is 71.2 Å². The van der Waals surface area contributed by atoms with Crippen LogP contribution in [0.3, 0.4) is 0 Å². The molecule has 1 atom stereocenters. The first-order valence-corrected chi connectivity index (χ1v) is 30.5. The minimum absolute atomic E-state index is 0.0423. The Morgan fingerprint density at radius 3 is 1.67 bits per heavy atom. The van der Waals surface area contributed by atoms with Gasteiger partial charge in [-0.15, -0.1) is 0 Å². The van der Waals surface area contributed by atoms with Gasteiger partial charge in [0.05, 0.1) is 72.9 Å². The molecule has 90 heavy (non-hydrogen) atoms. The smallest absolute Gasteiger partial charge is 0.246 e. The second-order valence-corrected chi connectivity index (χ2v) is 24.8. The highest BCUT2D eigenvalue weighted by molar-refractivity contribution is 7.00. The molecule has 2 saturated carbocycles. The Morgan fingerprint density at radius 1 is 0.611 bits per heavy atom. The first kappa shape index (κ1) is 59.2. The van der Waals surface area contributed by atoms with Crippen LogP contribution in [-0.2, 0) is 14.4 Å². The third-order valence-corrected chi connectivity index (χ3v) is 19.0. The number of hydrogen-bond acceptors (Lipinski definition) is 21. The number of fused-ring (bicyclic) bond motifs is 6. The van der Waals surface area contributed by atoms with Crippen molar-refractivity contribution < 1.29 is 27.6 Å². The van der Waals surface area contributed by atoms with Gasteiger partial charge >= 0.3 is 0 Å². The zero-order valence-electron chi connectivity index (χ0n) is 51.1. The molecule has 15 rings (SSSR count). The quantitative estimate of drug-likeness (QED) is 0.109. The number of aryl methyl sites for hydroxylation is 3. The van der Waals surface area contributed by atoms with Crippen LogP contribution in [0.2, 0.25) is 0 Å². The summed E-state index contributed by atoms with van der Waals surface area (Å²) in [5.41, 5.74) is 9.42. The number of rotatable bonds is 11. The minimum Gasteiger partial charge on any atom is -0.340 e. The van der Waals surface area contributed by atoms with E-state index in [2.05, 4.69) is 54.7 Å². The summed E-state index contributed by atoms with van der Waals surface area (Å²) in [6, 6.07) is 13.8. The second-order valence-electron chi connectivity index (χ2n) is 24.2. The number of nitrogens with one attached hydrogen (secondary N) is 3. The maximum atomic E-state index is 13.8.